The van der Waals surface area contributed by atoms with Gasteiger partial charge in [-0.15, -0.1) is 0 Å². The van der Waals surface area contributed by atoms with Crippen molar-refractivity contribution in [1.82, 2.24) is 9.29 Å². The lowest BCUT2D eigenvalue weighted by molar-refractivity contribution is -0.137. The van der Waals surface area contributed by atoms with Crippen LogP contribution in [0.5, 0.6) is 0 Å². The lowest BCUT2D eigenvalue weighted by Crippen LogP contribution is -2.43. The third-order valence-electron chi connectivity index (χ3n) is 3.79. The second-order valence-corrected chi connectivity index (χ2v) is 7.30. The SMILES string of the molecule is N#CN.Nc1ccc(SN2CCN(c3cc(C(F)(F)F)cc(Cl)n3)CC2)cc1. The summed E-state index contributed by atoms with van der Waals surface area (Å²) < 4.78 is 40.9. The van der Waals surface area contributed by atoms with Crippen molar-refractivity contribution in [3.63, 3.8) is 0 Å². The summed E-state index contributed by atoms with van der Waals surface area (Å²) in [6.45, 7) is 2.55. The summed E-state index contributed by atoms with van der Waals surface area (Å²) in [5, 5.41) is 6.95. The molecule has 6 nitrogen and oxygen atoms in total. The van der Waals surface area contributed by atoms with Crippen molar-refractivity contribution in [2.24, 2.45) is 5.73 Å². The highest BCUT2D eigenvalue weighted by Crippen LogP contribution is 2.33. The molecule has 1 aliphatic heterocycles. The van der Waals surface area contributed by atoms with Gasteiger partial charge >= 0.3 is 6.18 Å². The zero-order valence-electron chi connectivity index (χ0n) is 14.7. The van der Waals surface area contributed by atoms with Crippen LogP contribution in [0, 0.1) is 11.5 Å². The zero-order chi connectivity index (χ0) is 20.7. The smallest absolute Gasteiger partial charge is 0.399 e. The molecule has 28 heavy (non-hydrogen) atoms. The molecule has 1 aliphatic rings. The van der Waals surface area contributed by atoms with E-state index in [1.165, 1.54) is 6.19 Å². The second kappa shape index (κ2) is 9.73. The maximum absolute atomic E-state index is 12.9. The average molecular weight is 431 g/mol. The molecule has 0 spiro atoms. The van der Waals surface area contributed by atoms with E-state index in [-0.39, 0.29) is 11.0 Å². The van der Waals surface area contributed by atoms with Crippen LogP contribution in [0.2, 0.25) is 5.15 Å². The number of anilines is 2. The van der Waals surface area contributed by atoms with E-state index in [4.69, 9.17) is 22.6 Å². The lowest BCUT2D eigenvalue weighted by atomic mass is 10.2. The number of nitrogens with zero attached hydrogens (tertiary/aromatic N) is 4. The number of nitrogens with two attached hydrogens (primary N) is 2. The Morgan fingerprint density at radius 1 is 1.11 bits per heavy atom. The molecule has 1 aromatic carbocycles. The molecule has 4 N–H and O–H groups in total. The van der Waals surface area contributed by atoms with Gasteiger partial charge in [0, 0.05) is 36.8 Å². The van der Waals surface area contributed by atoms with Crippen LogP contribution in [0.4, 0.5) is 24.7 Å². The van der Waals surface area contributed by atoms with Crippen LogP contribution in [0.3, 0.4) is 0 Å². The minimum Gasteiger partial charge on any atom is -0.399 e. The van der Waals surface area contributed by atoms with Gasteiger partial charge < -0.3 is 16.4 Å². The Labute approximate surface area is 170 Å². The molecule has 1 saturated heterocycles. The lowest BCUT2D eigenvalue weighted by Gasteiger charge is -2.34. The molecule has 11 heteroatoms. The predicted molar refractivity (Wildman–Crippen MR) is 105 cm³/mol. The van der Waals surface area contributed by atoms with Crippen molar-refractivity contribution < 1.29 is 13.2 Å². The van der Waals surface area contributed by atoms with Crippen molar-refractivity contribution in [2.45, 2.75) is 11.1 Å². The van der Waals surface area contributed by atoms with Gasteiger partial charge in [0.15, 0.2) is 6.19 Å². The fourth-order valence-corrected chi connectivity index (χ4v) is 3.60. The Bertz CT molecular complexity index is 817. The molecule has 1 fully saturated rings. The normalized spacial score (nSPS) is 14.8. The van der Waals surface area contributed by atoms with Crippen molar-refractivity contribution in [1.29, 1.82) is 5.26 Å². The van der Waals surface area contributed by atoms with E-state index >= 15 is 0 Å². The van der Waals surface area contributed by atoms with Gasteiger partial charge in [0.1, 0.15) is 11.0 Å². The zero-order valence-corrected chi connectivity index (χ0v) is 16.2. The molecular formula is C17H18ClF3N6S. The molecule has 3 rings (SSSR count). The van der Waals surface area contributed by atoms with Crippen LogP contribution in [0.1, 0.15) is 5.56 Å². The number of benzene rings is 1. The Kier molecular flexibility index (Phi) is 7.62. The average Bonchev–Trinajstić information content (AvgIpc) is 2.64. The molecule has 0 aliphatic carbocycles. The molecule has 0 bridgehead atoms. The minimum atomic E-state index is -4.44. The second-order valence-electron chi connectivity index (χ2n) is 5.74. The van der Waals surface area contributed by atoms with Crippen molar-refractivity contribution in [3.8, 4) is 6.19 Å². The standard InChI is InChI=1S/C16H16ClF3N4S.CH2N2/c17-14-9-11(16(18,19)20)10-15(22-14)23-5-7-24(8-6-23)25-13-3-1-12(21)2-4-13;2-1-3/h1-4,9-10H,5-8,21H2;2H2. The fourth-order valence-electron chi connectivity index (χ4n) is 2.49. The Balaban J connectivity index is 0.000000878. The van der Waals surface area contributed by atoms with Crippen LogP contribution in [-0.2, 0) is 6.18 Å². The van der Waals surface area contributed by atoms with Gasteiger partial charge in [0.05, 0.1) is 5.56 Å². The van der Waals surface area contributed by atoms with E-state index in [2.05, 4.69) is 15.0 Å². The number of nitriles is 1. The first-order chi connectivity index (χ1) is 13.2. The highest BCUT2D eigenvalue weighted by Gasteiger charge is 2.32. The van der Waals surface area contributed by atoms with E-state index in [1.54, 1.807) is 11.9 Å². The fraction of sp³-hybridized carbons (Fsp3) is 0.294. The molecule has 0 unspecified atom stereocenters. The molecule has 0 saturated carbocycles. The molecule has 150 valence electrons. The highest BCUT2D eigenvalue weighted by atomic mass is 35.5. The molecule has 0 radical (unpaired) electrons. The summed E-state index contributed by atoms with van der Waals surface area (Å²) in [4.78, 5) is 6.93. The number of piperazine rings is 1. The molecule has 1 aromatic heterocycles. The van der Waals surface area contributed by atoms with Crippen LogP contribution in [-0.4, -0.2) is 35.5 Å². The van der Waals surface area contributed by atoms with Crippen molar-refractivity contribution >= 4 is 35.1 Å². The third-order valence-corrected chi connectivity index (χ3v) is 5.09. The van der Waals surface area contributed by atoms with Gasteiger partial charge in [-0.3, -0.25) is 0 Å². The van der Waals surface area contributed by atoms with E-state index in [1.807, 2.05) is 29.2 Å². The minimum absolute atomic E-state index is 0.150. The van der Waals surface area contributed by atoms with Gasteiger partial charge in [-0.05, 0) is 48.3 Å². The van der Waals surface area contributed by atoms with Gasteiger partial charge in [-0.2, -0.15) is 18.4 Å². The van der Waals surface area contributed by atoms with Crippen molar-refractivity contribution in [3.05, 3.63) is 47.1 Å². The number of rotatable bonds is 3. The molecule has 0 amide bonds. The van der Waals surface area contributed by atoms with E-state index < -0.39 is 11.7 Å². The highest BCUT2D eigenvalue weighted by molar-refractivity contribution is 7.97. The number of hydrogen-bond donors (Lipinski definition) is 2. The number of aromatic nitrogens is 1. The number of pyridine rings is 1. The van der Waals surface area contributed by atoms with E-state index in [0.29, 0.717) is 31.9 Å². The summed E-state index contributed by atoms with van der Waals surface area (Å²) in [6.07, 6.45) is -3.19. The molecule has 0 atom stereocenters. The summed E-state index contributed by atoms with van der Waals surface area (Å²) in [5.41, 5.74) is 9.76. The summed E-state index contributed by atoms with van der Waals surface area (Å²) >= 11 is 7.37. The summed E-state index contributed by atoms with van der Waals surface area (Å²) in [5.74, 6) is 0.261. The molecule has 2 heterocycles. The first kappa shape index (κ1) is 21.9. The maximum atomic E-state index is 12.9. The first-order valence-electron chi connectivity index (χ1n) is 8.11. The van der Waals surface area contributed by atoms with Gasteiger partial charge in [0.2, 0.25) is 0 Å². The van der Waals surface area contributed by atoms with Crippen molar-refractivity contribution in [2.75, 3.05) is 36.8 Å². The van der Waals surface area contributed by atoms with Gasteiger partial charge in [0.25, 0.3) is 0 Å². The quantitative estimate of drug-likeness (QED) is 0.252. The van der Waals surface area contributed by atoms with Crippen LogP contribution >= 0.6 is 23.5 Å². The number of alkyl halides is 3. The number of hydrogen-bond acceptors (Lipinski definition) is 7. The van der Waals surface area contributed by atoms with Gasteiger partial charge in [-0.1, -0.05) is 11.6 Å². The largest absolute Gasteiger partial charge is 0.416 e. The van der Waals surface area contributed by atoms with Crippen LogP contribution in [0.15, 0.2) is 41.3 Å². The number of nitrogen functional groups attached to an aromatic ring is 1. The monoisotopic (exact) mass is 430 g/mol. The van der Waals surface area contributed by atoms with E-state index in [0.717, 1.165) is 17.0 Å². The Morgan fingerprint density at radius 2 is 1.68 bits per heavy atom. The predicted octanol–water partition coefficient (Wildman–Crippen LogP) is 3.59. The van der Waals surface area contributed by atoms with Crippen LogP contribution < -0.4 is 16.4 Å². The Hall–Kier alpha value is -2.35. The number of halogens is 4. The third kappa shape index (κ3) is 6.37. The summed E-state index contributed by atoms with van der Waals surface area (Å²) in [7, 11) is 0. The maximum Gasteiger partial charge on any atom is 0.416 e. The molecular weight excluding hydrogens is 413 g/mol. The van der Waals surface area contributed by atoms with Crippen LogP contribution in [0.25, 0.3) is 0 Å². The summed E-state index contributed by atoms with van der Waals surface area (Å²) in [6, 6.07) is 9.47. The first-order valence-corrected chi connectivity index (χ1v) is 9.26. The Morgan fingerprint density at radius 3 is 2.21 bits per heavy atom. The topological polar surface area (TPSA) is 95.2 Å². The van der Waals surface area contributed by atoms with Gasteiger partial charge in [-0.25, -0.2) is 9.29 Å². The van der Waals surface area contributed by atoms with E-state index in [9.17, 15) is 13.2 Å². The molecule has 2 aromatic rings.